The third-order valence-electron chi connectivity index (χ3n) is 4.29. The van der Waals surface area contributed by atoms with E-state index in [2.05, 4.69) is 11.9 Å². The fourth-order valence-electron chi connectivity index (χ4n) is 3.08. The van der Waals surface area contributed by atoms with E-state index in [1.54, 1.807) is 17.6 Å². The Labute approximate surface area is 134 Å². The molecule has 22 heavy (non-hydrogen) atoms. The molecule has 3 rings (SSSR count). The number of hydrogen-bond acceptors (Lipinski definition) is 5. The second-order valence-electron chi connectivity index (χ2n) is 5.81. The van der Waals surface area contributed by atoms with Crippen LogP contribution >= 0.6 is 11.3 Å². The summed E-state index contributed by atoms with van der Waals surface area (Å²) in [5, 5.41) is 1.98. The first-order chi connectivity index (χ1) is 10.7. The van der Waals surface area contributed by atoms with Crippen LogP contribution in [-0.2, 0) is 11.2 Å². The summed E-state index contributed by atoms with van der Waals surface area (Å²) in [6, 6.07) is 4.06. The number of nitrogens with zero attached hydrogens (tertiary/aromatic N) is 2. The van der Waals surface area contributed by atoms with Crippen LogP contribution in [-0.4, -0.2) is 34.9 Å². The zero-order valence-corrected chi connectivity index (χ0v) is 13.5. The van der Waals surface area contributed by atoms with Crippen LogP contribution < -0.4 is 5.73 Å². The molecule has 1 saturated heterocycles. The Morgan fingerprint density at radius 2 is 2.45 bits per heavy atom. The predicted molar refractivity (Wildman–Crippen MR) is 86.5 cm³/mol. The van der Waals surface area contributed by atoms with Gasteiger partial charge in [0.25, 0.3) is 0 Å². The molecule has 1 aliphatic heterocycles. The highest BCUT2D eigenvalue weighted by Gasteiger charge is 2.31. The van der Waals surface area contributed by atoms with Gasteiger partial charge >= 0.3 is 0 Å². The van der Waals surface area contributed by atoms with Crippen LogP contribution in [0.3, 0.4) is 0 Å². The Morgan fingerprint density at radius 1 is 1.59 bits per heavy atom. The normalized spacial score (nSPS) is 22.0. The number of aromatic nitrogens is 1. The number of nitrogens with two attached hydrogens (primary N) is 1. The van der Waals surface area contributed by atoms with Crippen LogP contribution in [0.25, 0.3) is 10.8 Å². The summed E-state index contributed by atoms with van der Waals surface area (Å²) in [6.07, 6.45) is 4.04. The van der Waals surface area contributed by atoms with Crippen molar-refractivity contribution in [3.05, 3.63) is 29.5 Å². The van der Waals surface area contributed by atoms with Crippen molar-refractivity contribution in [3.63, 3.8) is 0 Å². The van der Waals surface area contributed by atoms with Gasteiger partial charge in [-0.25, -0.2) is 4.98 Å². The van der Waals surface area contributed by atoms with E-state index in [0.717, 1.165) is 24.3 Å². The molecule has 2 N–H and O–H groups in total. The fraction of sp³-hybridized carbons (Fsp3) is 0.500. The first-order valence-corrected chi connectivity index (χ1v) is 8.55. The molecule has 5 nitrogen and oxygen atoms in total. The first kappa shape index (κ1) is 15.2. The minimum absolute atomic E-state index is 0.0908. The van der Waals surface area contributed by atoms with Gasteiger partial charge in [-0.15, -0.1) is 11.3 Å². The van der Waals surface area contributed by atoms with E-state index in [1.807, 2.05) is 22.4 Å². The number of carbonyl (C=O) groups is 1. The summed E-state index contributed by atoms with van der Waals surface area (Å²) in [5.41, 5.74) is 6.54. The molecule has 2 aromatic heterocycles. The van der Waals surface area contributed by atoms with Gasteiger partial charge in [0, 0.05) is 19.1 Å². The van der Waals surface area contributed by atoms with E-state index >= 15 is 0 Å². The topological polar surface area (TPSA) is 72.4 Å². The van der Waals surface area contributed by atoms with Crippen molar-refractivity contribution < 1.29 is 9.21 Å². The van der Waals surface area contributed by atoms with Gasteiger partial charge in [-0.2, -0.15) is 0 Å². The van der Waals surface area contributed by atoms with E-state index in [-0.39, 0.29) is 18.4 Å². The Morgan fingerprint density at radius 3 is 3.18 bits per heavy atom. The second kappa shape index (κ2) is 6.62. The molecule has 2 atom stereocenters. The van der Waals surface area contributed by atoms with Crippen molar-refractivity contribution in [2.24, 2.45) is 11.7 Å². The monoisotopic (exact) mass is 319 g/mol. The lowest BCUT2D eigenvalue weighted by atomic mass is 9.90. The number of amides is 1. The molecule has 2 unspecified atom stereocenters. The number of thiophene rings is 1. The fourth-order valence-corrected chi connectivity index (χ4v) is 3.73. The quantitative estimate of drug-likeness (QED) is 0.940. The Bertz CT molecular complexity index is 623. The van der Waals surface area contributed by atoms with Crippen molar-refractivity contribution in [2.75, 3.05) is 13.1 Å². The molecule has 6 heteroatoms. The molecular formula is C16H21N3O2S. The maximum absolute atomic E-state index is 12.6. The Balaban J connectivity index is 1.69. The number of rotatable bonds is 4. The van der Waals surface area contributed by atoms with E-state index in [9.17, 15) is 4.79 Å². The second-order valence-corrected chi connectivity index (χ2v) is 6.76. The van der Waals surface area contributed by atoms with Gasteiger partial charge in [0.2, 0.25) is 11.8 Å². The van der Waals surface area contributed by atoms with Gasteiger partial charge in [-0.05, 0) is 30.2 Å². The smallest absolute Gasteiger partial charge is 0.236 e. The van der Waals surface area contributed by atoms with Gasteiger partial charge in [-0.1, -0.05) is 13.0 Å². The van der Waals surface area contributed by atoms with Gasteiger partial charge in [-0.3, -0.25) is 4.79 Å². The minimum atomic E-state index is 0.0908. The Hall–Kier alpha value is -1.66. The summed E-state index contributed by atoms with van der Waals surface area (Å²) in [4.78, 5) is 19.9. The van der Waals surface area contributed by atoms with Crippen LogP contribution in [0.4, 0.5) is 0 Å². The van der Waals surface area contributed by atoms with Crippen molar-refractivity contribution in [1.82, 2.24) is 9.88 Å². The van der Waals surface area contributed by atoms with E-state index in [0.29, 0.717) is 24.0 Å². The van der Waals surface area contributed by atoms with Crippen LogP contribution in [0, 0.1) is 5.92 Å². The lowest BCUT2D eigenvalue weighted by Gasteiger charge is -2.39. The van der Waals surface area contributed by atoms with Gasteiger partial charge in [0.05, 0.1) is 17.0 Å². The number of oxazole rings is 1. The SMILES string of the molecule is CC1CCCN(C(=O)Cc2coc(-c3cccs3)n2)C1CN. The summed E-state index contributed by atoms with van der Waals surface area (Å²) >= 11 is 1.57. The molecule has 1 fully saturated rings. The molecule has 118 valence electrons. The summed E-state index contributed by atoms with van der Waals surface area (Å²) in [6.45, 7) is 3.48. The molecule has 1 amide bonds. The van der Waals surface area contributed by atoms with Gasteiger partial charge < -0.3 is 15.1 Å². The highest BCUT2D eigenvalue weighted by Crippen LogP contribution is 2.25. The molecule has 0 radical (unpaired) electrons. The van der Waals surface area contributed by atoms with Crippen LogP contribution in [0.15, 0.2) is 28.2 Å². The minimum Gasteiger partial charge on any atom is -0.444 e. The van der Waals surface area contributed by atoms with Crippen molar-refractivity contribution in [2.45, 2.75) is 32.2 Å². The maximum Gasteiger partial charge on any atom is 0.236 e. The molecule has 0 saturated carbocycles. The number of likely N-dealkylation sites (tertiary alicyclic amines) is 1. The third-order valence-corrected chi connectivity index (χ3v) is 5.15. The van der Waals surface area contributed by atoms with Crippen LogP contribution in [0.1, 0.15) is 25.5 Å². The number of hydrogen-bond donors (Lipinski definition) is 1. The zero-order valence-electron chi connectivity index (χ0n) is 12.7. The molecule has 3 heterocycles. The summed E-state index contributed by atoms with van der Waals surface area (Å²) in [7, 11) is 0. The predicted octanol–water partition coefficient (Wildman–Crippen LogP) is 2.53. The van der Waals surface area contributed by atoms with E-state index in [1.165, 1.54) is 0 Å². The lowest BCUT2D eigenvalue weighted by molar-refractivity contribution is -0.135. The summed E-state index contributed by atoms with van der Waals surface area (Å²) < 4.78 is 5.48. The van der Waals surface area contributed by atoms with E-state index < -0.39 is 0 Å². The molecular weight excluding hydrogens is 298 g/mol. The molecule has 0 spiro atoms. The number of carbonyl (C=O) groups excluding carboxylic acids is 1. The first-order valence-electron chi connectivity index (χ1n) is 7.67. The van der Waals surface area contributed by atoms with E-state index in [4.69, 9.17) is 10.2 Å². The van der Waals surface area contributed by atoms with Gasteiger partial charge in [0.15, 0.2) is 0 Å². The Kier molecular flexibility index (Phi) is 4.59. The lowest BCUT2D eigenvalue weighted by Crippen LogP contribution is -2.51. The number of piperidine rings is 1. The van der Waals surface area contributed by atoms with Crippen molar-refractivity contribution in [3.8, 4) is 10.8 Å². The van der Waals surface area contributed by atoms with Crippen LogP contribution in [0.5, 0.6) is 0 Å². The molecule has 0 aromatic carbocycles. The van der Waals surface area contributed by atoms with Crippen molar-refractivity contribution in [1.29, 1.82) is 0 Å². The average molecular weight is 319 g/mol. The third kappa shape index (κ3) is 3.08. The zero-order chi connectivity index (χ0) is 15.5. The van der Waals surface area contributed by atoms with Crippen molar-refractivity contribution >= 4 is 17.2 Å². The molecule has 2 aromatic rings. The molecule has 0 bridgehead atoms. The maximum atomic E-state index is 12.6. The highest BCUT2D eigenvalue weighted by atomic mass is 32.1. The van der Waals surface area contributed by atoms with Crippen LogP contribution in [0.2, 0.25) is 0 Å². The molecule has 1 aliphatic rings. The summed E-state index contributed by atoms with van der Waals surface area (Å²) in [5.74, 6) is 1.13. The van der Waals surface area contributed by atoms with Gasteiger partial charge in [0.1, 0.15) is 6.26 Å². The average Bonchev–Trinajstić information content (AvgIpc) is 3.17. The molecule has 0 aliphatic carbocycles. The highest BCUT2D eigenvalue weighted by molar-refractivity contribution is 7.13. The standard InChI is InChI=1S/C16H21N3O2S/c1-11-4-2-6-19(13(11)9-17)15(20)8-12-10-21-16(18-12)14-5-3-7-22-14/h3,5,7,10-11,13H,2,4,6,8-9,17H2,1H3. The largest absolute Gasteiger partial charge is 0.444 e.